The monoisotopic (exact) mass is 516 g/mol. The van der Waals surface area contributed by atoms with Gasteiger partial charge < -0.3 is 20.8 Å². The molecule has 0 saturated heterocycles. The molecule has 37 heavy (non-hydrogen) atoms. The topological polar surface area (TPSA) is 110 Å². The predicted molar refractivity (Wildman–Crippen MR) is 147 cm³/mol. The van der Waals surface area contributed by atoms with Gasteiger partial charge in [-0.15, -0.1) is 11.3 Å². The highest BCUT2D eigenvalue weighted by atomic mass is 32.1. The van der Waals surface area contributed by atoms with Gasteiger partial charge in [0.1, 0.15) is 4.83 Å². The maximum atomic E-state index is 13.2. The van der Waals surface area contributed by atoms with Crippen molar-refractivity contribution in [3.05, 3.63) is 82.3 Å². The van der Waals surface area contributed by atoms with Gasteiger partial charge in [-0.2, -0.15) is 0 Å². The average Bonchev–Trinajstić information content (AvgIpc) is 3.55. The zero-order valence-electron chi connectivity index (χ0n) is 21.3. The number of fused-ring (bicyclic) bond motifs is 2. The van der Waals surface area contributed by atoms with Gasteiger partial charge in [0.2, 0.25) is 0 Å². The van der Waals surface area contributed by atoms with Crippen LogP contribution >= 0.6 is 11.3 Å². The highest BCUT2D eigenvalue weighted by Crippen LogP contribution is 2.38. The van der Waals surface area contributed by atoms with Crippen molar-refractivity contribution in [2.75, 3.05) is 11.9 Å². The van der Waals surface area contributed by atoms with Gasteiger partial charge >= 0.3 is 0 Å². The SMILES string of the molecule is CC(C)(C)C1CCc2nc3sc(C(=O)NC(CN)c4cccc(NC(=O)c5ccco5)c4)cc3cc2C1. The lowest BCUT2D eigenvalue weighted by Crippen LogP contribution is -2.33. The molecular formula is C29H32N4O3S. The number of benzene rings is 1. The number of carbonyl (C=O) groups excluding carboxylic acids is 2. The molecule has 3 aromatic heterocycles. The van der Waals surface area contributed by atoms with E-state index >= 15 is 0 Å². The van der Waals surface area contributed by atoms with Gasteiger partial charge in [-0.05, 0) is 78.1 Å². The Kier molecular flexibility index (Phi) is 6.88. The van der Waals surface area contributed by atoms with Crippen LogP contribution < -0.4 is 16.4 Å². The summed E-state index contributed by atoms with van der Waals surface area (Å²) in [6.45, 7) is 7.13. The first-order valence-corrected chi connectivity index (χ1v) is 13.4. The van der Waals surface area contributed by atoms with Crippen LogP contribution in [0, 0.1) is 11.3 Å². The molecule has 0 bridgehead atoms. The number of aromatic nitrogens is 1. The summed E-state index contributed by atoms with van der Waals surface area (Å²) >= 11 is 1.41. The number of nitrogens with two attached hydrogens (primary N) is 1. The van der Waals surface area contributed by atoms with E-state index in [4.69, 9.17) is 15.1 Å². The average molecular weight is 517 g/mol. The Bertz CT molecular complexity index is 1440. The van der Waals surface area contributed by atoms with Gasteiger partial charge in [-0.3, -0.25) is 9.59 Å². The quantitative estimate of drug-likeness (QED) is 0.303. The van der Waals surface area contributed by atoms with Gasteiger partial charge in [0.05, 0.1) is 17.2 Å². The summed E-state index contributed by atoms with van der Waals surface area (Å²) in [6, 6.07) is 14.3. The molecule has 7 nitrogen and oxygen atoms in total. The molecule has 2 amide bonds. The molecule has 1 aromatic carbocycles. The van der Waals surface area contributed by atoms with Crippen LogP contribution in [-0.4, -0.2) is 23.3 Å². The smallest absolute Gasteiger partial charge is 0.291 e. The maximum absolute atomic E-state index is 13.2. The number of aryl methyl sites for hydroxylation is 1. The number of furan rings is 1. The fraction of sp³-hybridized carbons (Fsp3) is 0.345. The largest absolute Gasteiger partial charge is 0.459 e. The summed E-state index contributed by atoms with van der Waals surface area (Å²) in [5.41, 5.74) is 10.2. The fourth-order valence-corrected chi connectivity index (χ4v) is 5.85. The third-order valence-electron chi connectivity index (χ3n) is 7.15. The Labute approximate surface area is 220 Å². The molecule has 3 heterocycles. The number of anilines is 1. The number of pyridine rings is 1. The van der Waals surface area contributed by atoms with Crippen LogP contribution in [0.15, 0.2) is 59.2 Å². The van der Waals surface area contributed by atoms with Crippen molar-refractivity contribution in [1.82, 2.24) is 10.3 Å². The zero-order valence-corrected chi connectivity index (χ0v) is 22.2. The standard InChI is InChI=1S/C29H32N4O3S/c1-29(2,3)20-9-10-22-18(13-20)12-19-15-25(37-28(19)33-22)27(35)32-23(16-30)17-6-4-7-21(14-17)31-26(34)24-8-5-11-36-24/h4-8,11-12,14-15,20,23H,9-10,13,16,30H2,1-3H3,(H,31,34)(H,32,35). The van der Waals surface area contributed by atoms with Crippen molar-refractivity contribution in [1.29, 1.82) is 0 Å². The van der Waals surface area contributed by atoms with E-state index in [0.29, 0.717) is 16.5 Å². The Morgan fingerprint density at radius 3 is 2.73 bits per heavy atom. The fourth-order valence-electron chi connectivity index (χ4n) is 4.92. The third-order valence-corrected chi connectivity index (χ3v) is 8.20. The van der Waals surface area contributed by atoms with Gasteiger partial charge in [0.15, 0.2) is 5.76 Å². The Morgan fingerprint density at radius 1 is 1.16 bits per heavy atom. The predicted octanol–water partition coefficient (Wildman–Crippen LogP) is 5.72. The van der Waals surface area contributed by atoms with E-state index in [1.807, 2.05) is 24.3 Å². The van der Waals surface area contributed by atoms with E-state index in [2.05, 4.69) is 37.5 Å². The molecule has 0 saturated carbocycles. The summed E-state index contributed by atoms with van der Waals surface area (Å²) in [4.78, 5) is 32.0. The molecule has 1 aliphatic carbocycles. The van der Waals surface area contributed by atoms with Crippen LogP contribution in [0.4, 0.5) is 5.69 Å². The number of nitrogens with one attached hydrogen (secondary N) is 2. The minimum atomic E-state index is -0.410. The van der Waals surface area contributed by atoms with E-state index in [0.717, 1.165) is 40.7 Å². The summed E-state index contributed by atoms with van der Waals surface area (Å²) in [6.07, 6.45) is 4.61. The number of amides is 2. The minimum Gasteiger partial charge on any atom is -0.459 e. The molecule has 0 fully saturated rings. The second kappa shape index (κ2) is 10.1. The molecule has 192 valence electrons. The molecule has 1 aliphatic rings. The molecule has 4 aromatic rings. The molecule has 0 radical (unpaired) electrons. The van der Waals surface area contributed by atoms with E-state index < -0.39 is 6.04 Å². The van der Waals surface area contributed by atoms with Crippen LogP contribution in [0.25, 0.3) is 10.2 Å². The van der Waals surface area contributed by atoms with Crippen molar-refractivity contribution >= 4 is 39.1 Å². The molecule has 8 heteroatoms. The van der Waals surface area contributed by atoms with Gasteiger partial charge in [0.25, 0.3) is 11.8 Å². The van der Waals surface area contributed by atoms with Crippen LogP contribution in [0.3, 0.4) is 0 Å². The number of thiophene rings is 1. The highest BCUT2D eigenvalue weighted by Gasteiger charge is 2.30. The number of rotatable bonds is 6. The van der Waals surface area contributed by atoms with Crippen LogP contribution in [0.5, 0.6) is 0 Å². The Balaban J connectivity index is 1.31. The maximum Gasteiger partial charge on any atom is 0.291 e. The van der Waals surface area contributed by atoms with Crippen molar-refractivity contribution < 1.29 is 14.0 Å². The lowest BCUT2D eigenvalue weighted by atomic mass is 9.71. The van der Waals surface area contributed by atoms with Gasteiger partial charge in [0, 0.05) is 23.3 Å². The summed E-state index contributed by atoms with van der Waals surface area (Å²) < 4.78 is 5.15. The van der Waals surface area contributed by atoms with E-state index in [1.165, 1.54) is 23.2 Å². The second-order valence-corrected chi connectivity index (χ2v) is 11.8. The first-order valence-electron chi connectivity index (χ1n) is 12.6. The Morgan fingerprint density at radius 2 is 2.00 bits per heavy atom. The molecule has 2 atom stereocenters. The van der Waals surface area contributed by atoms with Crippen LogP contribution in [0.2, 0.25) is 0 Å². The van der Waals surface area contributed by atoms with Crippen molar-refractivity contribution in [2.45, 2.75) is 46.1 Å². The normalized spacial score (nSPS) is 16.3. The number of nitrogens with zero attached hydrogens (tertiary/aromatic N) is 1. The van der Waals surface area contributed by atoms with Crippen LogP contribution in [0.1, 0.15) is 70.3 Å². The van der Waals surface area contributed by atoms with Gasteiger partial charge in [-0.25, -0.2) is 4.98 Å². The molecule has 5 rings (SSSR count). The van der Waals surface area contributed by atoms with E-state index in [1.54, 1.807) is 18.2 Å². The lowest BCUT2D eigenvalue weighted by molar-refractivity contribution is 0.0940. The summed E-state index contributed by atoms with van der Waals surface area (Å²) in [7, 11) is 0. The first-order chi connectivity index (χ1) is 17.7. The number of carbonyl (C=O) groups is 2. The first kappa shape index (κ1) is 25.2. The Hall–Kier alpha value is -3.49. The number of hydrogen-bond acceptors (Lipinski definition) is 6. The molecule has 0 spiro atoms. The second-order valence-electron chi connectivity index (χ2n) is 10.7. The molecule has 2 unspecified atom stereocenters. The minimum absolute atomic E-state index is 0.186. The zero-order chi connectivity index (χ0) is 26.2. The molecule has 4 N–H and O–H groups in total. The van der Waals surface area contributed by atoms with E-state index in [9.17, 15) is 9.59 Å². The summed E-state index contributed by atoms with van der Waals surface area (Å²) in [5.74, 6) is 0.326. The third kappa shape index (κ3) is 5.45. The van der Waals surface area contributed by atoms with Crippen LogP contribution in [-0.2, 0) is 12.8 Å². The number of hydrogen-bond donors (Lipinski definition) is 3. The molecular weight excluding hydrogens is 484 g/mol. The van der Waals surface area contributed by atoms with Gasteiger partial charge in [-0.1, -0.05) is 32.9 Å². The highest BCUT2D eigenvalue weighted by molar-refractivity contribution is 7.20. The van der Waals surface area contributed by atoms with Crippen molar-refractivity contribution in [3.63, 3.8) is 0 Å². The summed E-state index contributed by atoms with van der Waals surface area (Å²) in [5, 5.41) is 6.87. The van der Waals surface area contributed by atoms with Crippen molar-refractivity contribution in [3.8, 4) is 0 Å². The van der Waals surface area contributed by atoms with Crippen molar-refractivity contribution in [2.24, 2.45) is 17.1 Å². The van der Waals surface area contributed by atoms with E-state index in [-0.39, 0.29) is 29.5 Å². The molecule has 0 aliphatic heterocycles. The lowest BCUT2D eigenvalue weighted by Gasteiger charge is -2.34.